The molecule has 5 nitrogen and oxygen atoms in total. The zero-order chi connectivity index (χ0) is 19.9. The van der Waals surface area contributed by atoms with Gasteiger partial charge in [0.2, 0.25) is 5.91 Å². The molecule has 2 aromatic rings. The van der Waals surface area contributed by atoms with Crippen LogP contribution >= 0.6 is 0 Å². The Morgan fingerprint density at radius 3 is 2.32 bits per heavy atom. The third-order valence-electron chi connectivity index (χ3n) is 4.94. The topological polar surface area (TPSA) is 42.0 Å². The number of rotatable bonds is 7. The fraction of sp³-hybridized carbons (Fsp3) is 0.409. The Labute approximate surface area is 165 Å². The molecule has 0 N–H and O–H groups in total. The summed E-state index contributed by atoms with van der Waals surface area (Å²) in [6.45, 7) is 6.18. The summed E-state index contributed by atoms with van der Waals surface area (Å²) in [7, 11) is 1.46. The smallest absolute Gasteiger partial charge is 0.227 e. The second kappa shape index (κ2) is 9.55. The van der Waals surface area contributed by atoms with Crippen molar-refractivity contribution in [3.8, 4) is 11.5 Å². The van der Waals surface area contributed by atoms with Crippen LogP contribution in [0.25, 0.3) is 0 Å². The van der Waals surface area contributed by atoms with E-state index in [9.17, 15) is 9.18 Å². The Balaban J connectivity index is 1.47. The first-order valence-electron chi connectivity index (χ1n) is 9.63. The van der Waals surface area contributed by atoms with Gasteiger partial charge in [-0.15, -0.1) is 0 Å². The molecule has 0 unspecified atom stereocenters. The first-order valence-corrected chi connectivity index (χ1v) is 9.63. The van der Waals surface area contributed by atoms with Gasteiger partial charge in [-0.1, -0.05) is 18.2 Å². The summed E-state index contributed by atoms with van der Waals surface area (Å²) in [6, 6.07) is 12.7. The highest BCUT2D eigenvalue weighted by molar-refractivity contribution is 5.79. The maximum atomic E-state index is 13.8. The van der Waals surface area contributed by atoms with E-state index in [0.29, 0.717) is 32.7 Å². The van der Waals surface area contributed by atoms with Gasteiger partial charge in [-0.3, -0.25) is 9.69 Å². The van der Waals surface area contributed by atoms with Crippen LogP contribution < -0.4 is 9.47 Å². The van der Waals surface area contributed by atoms with Gasteiger partial charge < -0.3 is 14.4 Å². The summed E-state index contributed by atoms with van der Waals surface area (Å²) in [4.78, 5) is 16.7. The molecule has 0 aliphatic carbocycles. The largest absolute Gasteiger partial charge is 0.494 e. The first kappa shape index (κ1) is 20.1. The summed E-state index contributed by atoms with van der Waals surface area (Å²) in [6.07, 6.45) is 0.399. The van der Waals surface area contributed by atoms with Crippen molar-refractivity contribution in [2.45, 2.75) is 19.9 Å². The molecule has 6 heteroatoms. The number of hydrogen-bond acceptors (Lipinski definition) is 4. The molecule has 1 aliphatic heterocycles. The van der Waals surface area contributed by atoms with Crippen LogP contribution in [0.1, 0.15) is 18.1 Å². The summed E-state index contributed by atoms with van der Waals surface area (Å²) >= 11 is 0. The van der Waals surface area contributed by atoms with Gasteiger partial charge in [-0.25, -0.2) is 4.39 Å². The second-order valence-electron chi connectivity index (χ2n) is 6.88. The van der Waals surface area contributed by atoms with Crippen LogP contribution in [0.2, 0.25) is 0 Å². The Hall–Kier alpha value is -2.60. The summed E-state index contributed by atoms with van der Waals surface area (Å²) in [5.41, 5.74) is 1.90. The molecule has 1 fully saturated rings. The Kier molecular flexibility index (Phi) is 6.87. The van der Waals surface area contributed by atoms with Crippen LogP contribution in [0.5, 0.6) is 11.5 Å². The zero-order valence-electron chi connectivity index (χ0n) is 16.5. The molecule has 2 aromatic carbocycles. The fourth-order valence-electron chi connectivity index (χ4n) is 3.38. The van der Waals surface area contributed by atoms with Crippen LogP contribution in [-0.4, -0.2) is 55.6 Å². The Morgan fingerprint density at radius 1 is 1.04 bits per heavy atom. The lowest BCUT2D eigenvalue weighted by molar-refractivity contribution is -0.132. The lowest BCUT2D eigenvalue weighted by Gasteiger charge is -2.35. The van der Waals surface area contributed by atoms with Crippen molar-refractivity contribution in [3.63, 3.8) is 0 Å². The lowest BCUT2D eigenvalue weighted by atomic mass is 10.1. The quantitative estimate of drug-likeness (QED) is 0.733. The van der Waals surface area contributed by atoms with Gasteiger partial charge in [0.1, 0.15) is 5.75 Å². The molecule has 28 heavy (non-hydrogen) atoms. The Bertz CT molecular complexity index is 787. The minimum Gasteiger partial charge on any atom is -0.494 e. The molecule has 0 spiro atoms. The number of carbonyl (C=O) groups is 1. The van der Waals surface area contributed by atoms with E-state index in [1.54, 1.807) is 6.07 Å². The van der Waals surface area contributed by atoms with Gasteiger partial charge in [0.25, 0.3) is 0 Å². The summed E-state index contributed by atoms with van der Waals surface area (Å²) in [5.74, 6) is 0.874. The maximum Gasteiger partial charge on any atom is 0.227 e. The molecule has 1 saturated heterocycles. The van der Waals surface area contributed by atoms with Crippen LogP contribution in [0.4, 0.5) is 4.39 Å². The van der Waals surface area contributed by atoms with Crippen molar-refractivity contribution in [1.82, 2.24) is 9.80 Å². The molecule has 0 bridgehead atoms. The number of ether oxygens (including phenoxy) is 2. The molecular formula is C22H27FN2O3. The third-order valence-corrected chi connectivity index (χ3v) is 4.94. The number of nitrogens with zero attached hydrogens (tertiary/aromatic N) is 2. The van der Waals surface area contributed by atoms with E-state index in [1.165, 1.54) is 13.2 Å². The van der Waals surface area contributed by atoms with Crippen LogP contribution in [0.3, 0.4) is 0 Å². The normalized spacial score (nSPS) is 14.8. The van der Waals surface area contributed by atoms with E-state index in [4.69, 9.17) is 9.47 Å². The SMILES string of the molecule is CCOc1ccc(CC(=O)N2CCN(Cc3ccc(OC)c(F)c3)CC2)cc1. The predicted molar refractivity (Wildman–Crippen MR) is 106 cm³/mol. The van der Waals surface area contributed by atoms with Gasteiger partial charge >= 0.3 is 0 Å². The van der Waals surface area contributed by atoms with Gasteiger partial charge in [-0.05, 0) is 42.3 Å². The average Bonchev–Trinajstić information content (AvgIpc) is 2.70. The minimum absolute atomic E-state index is 0.138. The molecule has 1 heterocycles. The van der Waals surface area contributed by atoms with Crippen molar-refractivity contribution in [3.05, 3.63) is 59.4 Å². The van der Waals surface area contributed by atoms with E-state index >= 15 is 0 Å². The van der Waals surface area contributed by atoms with E-state index in [-0.39, 0.29) is 17.5 Å². The molecule has 0 saturated carbocycles. The zero-order valence-corrected chi connectivity index (χ0v) is 16.5. The van der Waals surface area contributed by atoms with Crippen molar-refractivity contribution in [1.29, 1.82) is 0 Å². The van der Waals surface area contributed by atoms with Crippen LogP contribution in [-0.2, 0) is 17.8 Å². The number of halogens is 1. The minimum atomic E-state index is -0.343. The fourth-order valence-corrected chi connectivity index (χ4v) is 3.38. The van der Waals surface area contributed by atoms with Crippen LogP contribution in [0, 0.1) is 5.82 Å². The average molecular weight is 386 g/mol. The highest BCUT2D eigenvalue weighted by atomic mass is 19.1. The number of methoxy groups -OCH3 is 1. The maximum absolute atomic E-state index is 13.8. The van der Waals surface area contributed by atoms with Gasteiger partial charge in [-0.2, -0.15) is 0 Å². The number of benzene rings is 2. The number of carbonyl (C=O) groups excluding carboxylic acids is 1. The third kappa shape index (κ3) is 5.23. The predicted octanol–water partition coefficient (Wildman–Crippen LogP) is 3.12. The standard InChI is InChI=1S/C22H27FN2O3/c1-3-28-19-7-4-17(5-8-19)15-22(26)25-12-10-24(11-13-25)16-18-6-9-21(27-2)20(23)14-18/h4-9,14H,3,10-13,15-16H2,1-2H3. The second-order valence-corrected chi connectivity index (χ2v) is 6.88. The lowest BCUT2D eigenvalue weighted by Crippen LogP contribution is -2.48. The van der Waals surface area contributed by atoms with Crippen molar-refractivity contribution in [2.75, 3.05) is 39.9 Å². The first-order chi connectivity index (χ1) is 13.6. The summed E-state index contributed by atoms with van der Waals surface area (Å²) < 4.78 is 24.2. The number of hydrogen-bond donors (Lipinski definition) is 0. The van der Waals surface area contributed by atoms with E-state index in [2.05, 4.69) is 4.90 Å². The summed E-state index contributed by atoms with van der Waals surface area (Å²) in [5, 5.41) is 0. The molecule has 3 rings (SSSR count). The van der Waals surface area contributed by atoms with E-state index in [0.717, 1.165) is 30.0 Å². The van der Waals surface area contributed by atoms with Gasteiger partial charge in [0, 0.05) is 32.7 Å². The molecule has 150 valence electrons. The molecule has 0 aromatic heterocycles. The van der Waals surface area contributed by atoms with E-state index < -0.39 is 0 Å². The molecule has 0 radical (unpaired) electrons. The Morgan fingerprint density at radius 2 is 1.71 bits per heavy atom. The molecule has 1 aliphatic rings. The van der Waals surface area contributed by atoms with Crippen molar-refractivity contribution < 1.29 is 18.7 Å². The van der Waals surface area contributed by atoms with E-state index in [1.807, 2.05) is 42.2 Å². The van der Waals surface area contributed by atoms with Crippen molar-refractivity contribution in [2.24, 2.45) is 0 Å². The van der Waals surface area contributed by atoms with Crippen LogP contribution in [0.15, 0.2) is 42.5 Å². The molecule has 1 amide bonds. The number of piperazine rings is 1. The molecular weight excluding hydrogens is 359 g/mol. The van der Waals surface area contributed by atoms with Gasteiger partial charge in [0.15, 0.2) is 11.6 Å². The monoisotopic (exact) mass is 386 g/mol. The van der Waals surface area contributed by atoms with Crippen molar-refractivity contribution >= 4 is 5.91 Å². The number of amides is 1. The highest BCUT2D eigenvalue weighted by Gasteiger charge is 2.21. The molecule has 0 atom stereocenters. The van der Waals surface area contributed by atoms with Gasteiger partial charge in [0.05, 0.1) is 20.1 Å². The highest BCUT2D eigenvalue weighted by Crippen LogP contribution is 2.19.